The van der Waals surface area contributed by atoms with E-state index in [9.17, 15) is 18.0 Å². The molecular weight excluding hydrogens is 400 g/mol. The summed E-state index contributed by atoms with van der Waals surface area (Å²) in [6, 6.07) is 7.00. The summed E-state index contributed by atoms with van der Waals surface area (Å²) in [4.78, 5) is 31.9. The first kappa shape index (κ1) is 20.6. The Morgan fingerprint density at radius 1 is 1.37 bits per heavy atom. The molecule has 1 heterocycles. The van der Waals surface area contributed by atoms with Crippen molar-refractivity contribution in [1.82, 2.24) is 14.8 Å². The van der Waals surface area contributed by atoms with Crippen LogP contribution in [0.25, 0.3) is 0 Å². The predicted octanol–water partition coefficient (Wildman–Crippen LogP) is 1.15. The Hall–Kier alpha value is -2.76. The van der Waals surface area contributed by atoms with Gasteiger partial charge in [-0.1, -0.05) is 23.7 Å². The third kappa shape index (κ3) is 5.12. The summed E-state index contributed by atoms with van der Waals surface area (Å²) in [6.07, 6.45) is -1.07. The standard InChI is InChI=1S/C15H15ClN4O6S/c1-9-7-13(26-10(2)14(22)23)18-15(17-9)20(8-21)19-27(24,25)12-6-4-3-5-11(12)16/h3-8,10,19H,1-2H3,(H,22,23). The van der Waals surface area contributed by atoms with Crippen molar-refractivity contribution >= 4 is 40.0 Å². The molecule has 10 nitrogen and oxygen atoms in total. The van der Waals surface area contributed by atoms with Gasteiger partial charge in [0.15, 0.2) is 6.10 Å². The lowest BCUT2D eigenvalue weighted by molar-refractivity contribution is -0.144. The van der Waals surface area contributed by atoms with Crippen LogP contribution in [0.1, 0.15) is 12.6 Å². The van der Waals surface area contributed by atoms with Crippen molar-refractivity contribution in [2.24, 2.45) is 0 Å². The minimum Gasteiger partial charge on any atom is -0.479 e. The molecule has 27 heavy (non-hydrogen) atoms. The summed E-state index contributed by atoms with van der Waals surface area (Å²) >= 11 is 5.89. The van der Waals surface area contributed by atoms with Crippen molar-refractivity contribution in [2.45, 2.75) is 24.8 Å². The van der Waals surface area contributed by atoms with Crippen LogP contribution < -0.4 is 14.6 Å². The maximum Gasteiger partial charge on any atom is 0.344 e. The molecule has 0 saturated carbocycles. The Balaban J connectivity index is 2.35. The molecule has 2 N–H and O–H groups in total. The van der Waals surface area contributed by atoms with E-state index in [-0.39, 0.29) is 28.2 Å². The average molecular weight is 415 g/mol. The highest BCUT2D eigenvalue weighted by molar-refractivity contribution is 7.89. The zero-order valence-corrected chi connectivity index (χ0v) is 15.7. The number of amides is 1. The third-order valence-electron chi connectivity index (χ3n) is 3.13. The molecule has 1 aromatic carbocycles. The minimum absolute atomic E-state index is 0.0414. The summed E-state index contributed by atoms with van der Waals surface area (Å²) < 4.78 is 30.1. The van der Waals surface area contributed by atoms with Crippen molar-refractivity contribution in [3.63, 3.8) is 0 Å². The van der Waals surface area contributed by atoms with Gasteiger partial charge >= 0.3 is 5.97 Å². The van der Waals surface area contributed by atoms with Gasteiger partial charge in [0.2, 0.25) is 12.3 Å². The maximum atomic E-state index is 12.5. The first-order valence-corrected chi connectivity index (χ1v) is 9.27. The highest BCUT2D eigenvalue weighted by Gasteiger charge is 2.23. The lowest BCUT2D eigenvalue weighted by Gasteiger charge is -2.18. The second-order valence-corrected chi connectivity index (χ2v) is 7.28. The first-order valence-electron chi connectivity index (χ1n) is 7.40. The van der Waals surface area contributed by atoms with Crippen LogP contribution in [0.5, 0.6) is 5.88 Å². The van der Waals surface area contributed by atoms with E-state index < -0.39 is 22.1 Å². The molecule has 12 heteroatoms. The van der Waals surface area contributed by atoms with Crippen LogP contribution in [0.3, 0.4) is 0 Å². The van der Waals surface area contributed by atoms with Crippen LogP contribution in [0, 0.1) is 6.92 Å². The molecule has 1 unspecified atom stereocenters. The Morgan fingerprint density at radius 2 is 2.04 bits per heavy atom. The molecule has 0 saturated heterocycles. The molecule has 144 valence electrons. The number of benzene rings is 1. The number of ether oxygens (including phenoxy) is 1. The number of nitrogens with one attached hydrogen (secondary N) is 1. The van der Waals surface area contributed by atoms with Gasteiger partial charge in [0.25, 0.3) is 16.0 Å². The van der Waals surface area contributed by atoms with E-state index in [1.165, 1.54) is 38.1 Å². The van der Waals surface area contributed by atoms with Crippen LogP contribution in [-0.2, 0) is 19.6 Å². The number of halogens is 1. The van der Waals surface area contributed by atoms with Gasteiger partial charge in [0.1, 0.15) is 4.90 Å². The summed E-state index contributed by atoms with van der Waals surface area (Å²) in [5.41, 5.74) is 0.316. The molecule has 0 spiro atoms. The largest absolute Gasteiger partial charge is 0.479 e. The predicted molar refractivity (Wildman–Crippen MR) is 94.8 cm³/mol. The molecule has 1 amide bonds. The van der Waals surface area contributed by atoms with Gasteiger partial charge in [-0.2, -0.15) is 9.99 Å². The Kier molecular flexibility index (Phi) is 6.31. The molecule has 0 fully saturated rings. The fourth-order valence-electron chi connectivity index (χ4n) is 1.87. The fourth-order valence-corrected chi connectivity index (χ4v) is 3.38. The number of hydrogen-bond acceptors (Lipinski definition) is 7. The van der Waals surface area contributed by atoms with Gasteiger partial charge in [-0.3, -0.25) is 4.79 Å². The topological polar surface area (TPSA) is 139 Å². The number of carboxylic acids is 1. The number of hydrazine groups is 1. The highest BCUT2D eigenvalue weighted by Crippen LogP contribution is 2.21. The van der Waals surface area contributed by atoms with Crippen LogP contribution >= 0.6 is 11.6 Å². The molecule has 0 radical (unpaired) electrons. The van der Waals surface area contributed by atoms with Gasteiger partial charge < -0.3 is 9.84 Å². The van der Waals surface area contributed by atoms with Crippen molar-refractivity contribution in [3.05, 3.63) is 41.0 Å². The number of anilines is 1. The van der Waals surface area contributed by atoms with Gasteiger partial charge in [0.05, 0.1) is 5.02 Å². The number of carbonyl (C=O) groups is 2. The Labute approximate surface area is 159 Å². The molecule has 1 atom stereocenters. The van der Waals surface area contributed by atoms with Crippen LogP contribution in [0.15, 0.2) is 35.2 Å². The zero-order chi connectivity index (χ0) is 20.2. The summed E-state index contributed by atoms with van der Waals surface area (Å²) in [5, 5.41) is 9.38. The van der Waals surface area contributed by atoms with Crippen molar-refractivity contribution < 1.29 is 27.9 Å². The van der Waals surface area contributed by atoms with Gasteiger partial charge in [0, 0.05) is 11.8 Å². The van der Waals surface area contributed by atoms with Crippen molar-refractivity contribution in [2.75, 3.05) is 5.01 Å². The zero-order valence-electron chi connectivity index (χ0n) is 14.2. The summed E-state index contributed by atoms with van der Waals surface area (Å²) in [7, 11) is -4.21. The number of hydrogen-bond donors (Lipinski definition) is 2. The van der Waals surface area contributed by atoms with Gasteiger partial charge in [-0.15, -0.1) is 4.83 Å². The van der Waals surface area contributed by atoms with E-state index in [1.807, 2.05) is 4.83 Å². The minimum atomic E-state index is -4.21. The number of aromatic nitrogens is 2. The average Bonchev–Trinajstić information content (AvgIpc) is 2.59. The second-order valence-electron chi connectivity index (χ2n) is 5.25. The number of sulfonamides is 1. The molecule has 0 bridgehead atoms. The Bertz CT molecular complexity index is 969. The van der Waals surface area contributed by atoms with Gasteiger partial charge in [-0.25, -0.2) is 18.2 Å². The lowest BCUT2D eigenvalue weighted by Crippen LogP contribution is -2.42. The molecule has 1 aromatic heterocycles. The quantitative estimate of drug-likeness (QED) is 0.484. The smallest absolute Gasteiger partial charge is 0.344 e. The van der Waals surface area contributed by atoms with E-state index in [1.54, 1.807) is 6.07 Å². The van der Waals surface area contributed by atoms with Crippen molar-refractivity contribution in [1.29, 1.82) is 0 Å². The molecule has 2 rings (SSSR count). The fraction of sp³-hybridized carbons (Fsp3) is 0.200. The van der Waals surface area contributed by atoms with E-state index >= 15 is 0 Å². The number of aryl methyl sites for hydroxylation is 1. The van der Waals surface area contributed by atoms with Crippen molar-refractivity contribution in [3.8, 4) is 5.88 Å². The molecule has 0 aliphatic heterocycles. The molecular formula is C15H15ClN4O6S. The second kappa shape index (κ2) is 8.29. The van der Waals surface area contributed by atoms with E-state index in [4.69, 9.17) is 21.4 Å². The Morgan fingerprint density at radius 3 is 2.63 bits per heavy atom. The molecule has 2 aromatic rings. The van der Waals surface area contributed by atoms with Gasteiger partial charge in [-0.05, 0) is 26.0 Å². The molecule has 0 aliphatic carbocycles. The number of aliphatic carboxylic acids is 1. The SMILES string of the molecule is Cc1cc(OC(C)C(=O)O)nc(N(C=O)NS(=O)(=O)c2ccccc2Cl)n1. The number of carbonyl (C=O) groups excluding carboxylic acids is 1. The number of carboxylic acid groups (broad SMARTS) is 1. The normalized spacial score (nSPS) is 12.3. The van der Waals surface area contributed by atoms with E-state index in [0.717, 1.165) is 0 Å². The number of rotatable bonds is 8. The van der Waals surface area contributed by atoms with Crippen LogP contribution in [-0.4, -0.2) is 42.0 Å². The highest BCUT2D eigenvalue weighted by atomic mass is 35.5. The number of nitrogens with zero attached hydrogens (tertiary/aromatic N) is 3. The monoisotopic (exact) mass is 414 g/mol. The summed E-state index contributed by atoms with van der Waals surface area (Å²) in [5.74, 6) is -1.72. The van der Waals surface area contributed by atoms with Crippen LogP contribution in [0.2, 0.25) is 5.02 Å². The third-order valence-corrected chi connectivity index (χ3v) is 4.94. The summed E-state index contributed by atoms with van der Waals surface area (Å²) in [6.45, 7) is 2.83. The molecule has 0 aliphatic rings. The van der Waals surface area contributed by atoms with E-state index in [0.29, 0.717) is 10.7 Å². The first-order chi connectivity index (χ1) is 12.6. The lowest BCUT2D eigenvalue weighted by atomic mass is 10.4. The van der Waals surface area contributed by atoms with Crippen LogP contribution in [0.4, 0.5) is 5.95 Å². The maximum absolute atomic E-state index is 12.5. The van der Waals surface area contributed by atoms with E-state index in [2.05, 4.69) is 9.97 Å².